The zero-order valence-corrected chi connectivity index (χ0v) is 10.4. The zero-order valence-electron chi connectivity index (χ0n) is 10.4. The van der Waals surface area contributed by atoms with Crippen molar-refractivity contribution in [3.8, 4) is 0 Å². The molecule has 0 radical (unpaired) electrons. The molecule has 0 aliphatic heterocycles. The van der Waals surface area contributed by atoms with Crippen molar-refractivity contribution in [1.82, 2.24) is 4.98 Å². The van der Waals surface area contributed by atoms with Crippen LogP contribution in [0.4, 0.5) is 0 Å². The van der Waals surface area contributed by atoms with Crippen LogP contribution >= 0.6 is 0 Å². The minimum Gasteiger partial charge on any atom is -0.481 e. The van der Waals surface area contributed by atoms with Crippen LogP contribution in [0.5, 0.6) is 0 Å². The number of aromatic nitrogens is 1. The Morgan fingerprint density at radius 2 is 2.06 bits per heavy atom. The molecular formula is C14H19NO2. The van der Waals surface area contributed by atoms with Crippen LogP contribution < -0.4 is 0 Å². The second-order valence-corrected chi connectivity index (χ2v) is 5.19. The molecule has 0 saturated heterocycles. The molecule has 17 heavy (non-hydrogen) atoms. The van der Waals surface area contributed by atoms with E-state index in [9.17, 15) is 9.90 Å². The topological polar surface area (TPSA) is 50.2 Å². The van der Waals surface area contributed by atoms with Crippen molar-refractivity contribution in [3.63, 3.8) is 0 Å². The molecule has 1 aromatic rings. The van der Waals surface area contributed by atoms with Crippen LogP contribution in [0, 0.1) is 5.41 Å². The minimum absolute atomic E-state index is 0.216. The van der Waals surface area contributed by atoms with Crippen LogP contribution in [0.1, 0.15) is 45.1 Å². The fourth-order valence-corrected chi connectivity index (χ4v) is 3.10. The highest BCUT2D eigenvalue weighted by Gasteiger charge is 2.58. The Morgan fingerprint density at radius 3 is 2.47 bits per heavy atom. The van der Waals surface area contributed by atoms with Gasteiger partial charge in [-0.3, -0.25) is 9.78 Å². The number of carboxylic acids is 1. The Kier molecular flexibility index (Phi) is 2.94. The molecule has 1 aliphatic rings. The van der Waals surface area contributed by atoms with Crippen LogP contribution in [0.15, 0.2) is 24.5 Å². The molecule has 1 N–H and O–H groups in total. The van der Waals surface area contributed by atoms with E-state index in [0.29, 0.717) is 0 Å². The normalized spacial score (nSPS) is 20.6. The first-order chi connectivity index (χ1) is 8.08. The van der Waals surface area contributed by atoms with Gasteiger partial charge in [0.2, 0.25) is 0 Å². The number of hydrogen-bond donors (Lipinski definition) is 1. The maximum atomic E-state index is 11.6. The Labute approximate surface area is 102 Å². The molecule has 1 heterocycles. The van der Waals surface area contributed by atoms with Crippen LogP contribution in [-0.4, -0.2) is 16.1 Å². The average molecular weight is 233 g/mol. The van der Waals surface area contributed by atoms with Crippen LogP contribution in [0.25, 0.3) is 0 Å². The van der Waals surface area contributed by atoms with Crippen LogP contribution in [-0.2, 0) is 10.2 Å². The fourth-order valence-electron chi connectivity index (χ4n) is 3.10. The van der Waals surface area contributed by atoms with E-state index in [1.807, 2.05) is 12.1 Å². The summed E-state index contributed by atoms with van der Waals surface area (Å²) in [5.74, 6) is -0.706. The standard InChI is InChI=1S/C14H19NO2/c1-3-13(4-2)9-14(10-13,12(16)17)11-6-5-7-15-8-11/h5-8H,3-4,9-10H2,1-2H3,(H,16,17). The molecule has 3 nitrogen and oxygen atoms in total. The quantitative estimate of drug-likeness (QED) is 0.869. The highest BCUT2D eigenvalue weighted by atomic mass is 16.4. The highest BCUT2D eigenvalue weighted by Crippen LogP contribution is 2.59. The fraction of sp³-hybridized carbons (Fsp3) is 0.571. The van der Waals surface area contributed by atoms with E-state index in [4.69, 9.17) is 0 Å². The molecule has 92 valence electrons. The zero-order chi connectivity index (χ0) is 12.5. The number of hydrogen-bond acceptors (Lipinski definition) is 2. The summed E-state index contributed by atoms with van der Waals surface area (Å²) >= 11 is 0. The molecule has 0 unspecified atom stereocenters. The third-order valence-corrected chi connectivity index (χ3v) is 4.48. The lowest BCUT2D eigenvalue weighted by molar-refractivity contribution is -0.155. The van der Waals surface area contributed by atoms with Gasteiger partial charge in [0.05, 0.1) is 5.41 Å². The van der Waals surface area contributed by atoms with Crippen molar-refractivity contribution in [3.05, 3.63) is 30.1 Å². The van der Waals surface area contributed by atoms with Gasteiger partial charge in [-0.05, 0) is 29.9 Å². The van der Waals surface area contributed by atoms with Gasteiger partial charge < -0.3 is 5.11 Å². The molecule has 0 spiro atoms. The third kappa shape index (κ3) is 1.74. The number of rotatable bonds is 4. The van der Waals surface area contributed by atoms with Gasteiger partial charge >= 0.3 is 5.97 Å². The van der Waals surface area contributed by atoms with Crippen molar-refractivity contribution >= 4 is 5.97 Å². The summed E-state index contributed by atoms with van der Waals surface area (Å²) in [6.07, 6.45) is 6.98. The Bertz CT molecular complexity index is 401. The molecule has 2 rings (SSSR count). The number of pyridine rings is 1. The van der Waals surface area contributed by atoms with Gasteiger partial charge in [0.15, 0.2) is 0 Å². The van der Waals surface area contributed by atoms with E-state index in [1.165, 1.54) is 0 Å². The maximum Gasteiger partial charge on any atom is 0.314 e. The summed E-state index contributed by atoms with van der Waals surface area (Å²) in [6, 6.07) is 3.70. The van der Waals surface area contributed by atoms with E-state index in [2.05, 4.69) is 18.8 Å². The molecule has 1 aromatic heterocycles. The van der Waals surface area contributed by atoms with Crippen molar-refractivity contribution < 1.29 is 9.90 Å². The predicted molar refractivity (Wildman–Crippen MR) is 65.8 cm³/mol. The van der Waals surface area contributed by atoms with Gasteiger partial charge in [0.1, 0.15) is 0 Å². The summed E-state index contributed by atoms with van der Waals surface area (Å²) in [6.45, 7) is 4.30. The van der Waals surface area contributed by atoms with Crippen molar-refractivity contribution in [1.29, 1.82) is 0 Å². The first-order valence-corrected chi connectivity index (χ1v) is 6.22. The average Bonchev–Trinajstić information content (AvgIpc) is 2.30. The maximum absolute atomic E-state index is 11.6. The van der Waals surface area contributed by atoms with Gasteiger partial charge in [-0.25, -0.2) is 0 Å². The lowest BCUT2D eigenvalue weighted by Crippen LogP contribution is -2.54. The third-order valence-electron chi connectivity index (χ3n) is 4.48. The molecule has 1 fully saturated rings. The van der Waals surface area contributed by atoms with Gasteiger partial charge in [0, 0.05) is 12.4 Å². The first kappa shape index (κ1) is 12.1. The number of nitrogens with zero attached hydrogens (tertiary/aromatic N) is 1. The summed E-state index contributed by atoms with van der Waals surface area (Å²) in [5.41, 5.74) is 0.374. The second-order valence-electron chi connectivity index (χ2n) is 5.19. The second kappa shape index (κ2) is 4.13. The molecule has 1 saturated carbocycles. The van der Waals surface area contributed by atoms with Crippen molar-refractivity contribution in [2.24, 2.45) is 5.41 Å². The van der Waals surface area contributed by atoms with Crippen molar-refractivity contribution in [2.45, 2.75) is 44.9 Å². The molecule has 3 heteroatoms. The minimum atomic E-state index is -0.706. The lowest BCUT2D eigenvalue weighted by atomic mass is 9.49. The van der Waals surface area contributed by atoms with E-state index >= 15 is 0 Å². The van der Waals surface area contributed by atoms with Crippen molar-refractivity contribution in [2.75, 3.05) is 0 Å². The summed E-state index contributed by atoms with van der Waals surface area (Å²) in [4.78, 5) is 15.6. The van der Waals surface area contributed by atoms with Gasteiger partial charge in [-0.2, -0.15) is 0 Å². The summed E-state index contributed by atoms with van der Waals surface area (Å²) in [7, 11) is 0. The van der Waals surface area contributed by atoms with E-state index in [1.54, 1.807) is 12.4 Å². The molecule has 0 amide bonds. The molecule has 1 aliphatic carbocycles. The smallest absolute Gasteiger partial charge is 0.314 e. The molecular weight excluding hydrogens is 214 g/mol. The Hall–Kier alpha value is -1.38. The first-order valence-electron chi connectivity index (χ1n) is 6.22. The van der Waals surface area contributed by atoms with Crippen LogP contribution in [0.3, 0.4) is 0 Å². The SMILES string of the molecule is CCC1(CC)CC(C(=O)O)(c2cccnc2)C1. The highest BCUT2D eigenvalue weighted by molar-refractivity contribution is 5.83. The number of carbonyl (C=O) groups is 1. The molecule has 0 aromatic carbocycles. The molecule has 0 atom stereocenters. The Balaban J connectivity index is 2.31. The van der Waals surface area contributed by atoms with Gasteiger partial charge in [-0.15, -0.1) is 0 Å². The van der Waals surface area contributed by atoms with Gasteiger partial charge in [-0.1, -0.05) is 32.8 Å². The largest absolute Gasteiger partial charge is 0.481 e. The summed E-state index contributed by atoms with van der Waals surface area (Å²) in [5, 5.41) is 9.53. The molecule has 0 bridgehead atoms. The van der Waals surface area contributed by atoms with E-state index < -0.39 is 11.4 Å². The van der Waals surface area contributed by atoms with Gasteiger partial charge in [0.25, 0.3) is 0 Å². The summed E-state index contributed by atoms with van der Waals surface area (Å²) < 4.78 is 0. The van der Waals surface area contributed by atoms with Crippen LogP contribution in [0.2, 0.25) is 0 Å². The predicted octanol–water partition coefficient (Wildman–Crippen LogP) is 3.00. The monoisotopic (exact) mass is 233 g/mol. The number of aliphatic carboxylic acids is 1. The van der Waals surface area contributed by atoms with E-state index in [0.717, 1.165) is 31.2 Å². The lowest BCUT2D eigenvalue weighted by Gasteiger charge is -2.54. The number of carboxylic acid groups (broad SMARTS) is 1. The van der Waals surface area contributed by atoms with E-state index in [-0.39, 0.29) is 5.41 Å². The Morgan fingerprint density at radius 1 is 1.41 bits per heavy atom.